The Morgan fingerprint density at radius 1 is 0.492 bits per heavy atom. The molecule has 0 bridgehead atoms. The van der Waals surface area contributed by atoms with Crippen LogP contribution in [0.15, 0.2) is 186 Å². The number of furan rings is 1. The van der Waals surface area contributed by atoms with Gasteiger partial charge in [-0.3, -0.25) is 0 Å². The minimum absolute atomic E-state index is 0.0449. The third-order valence-corrected chi connectivity index (χ3v) is 11.9. The second kappa shape index (κ2) is 12.7. The summed E-state index contributed by atoms with van der Waals surface area (Å²) in [6.45, 7) is 4.42. The second-order valence-electron chi connectivity index (χ2n) is 15.6. The molecule has 1 aliphatic rings. The maximum atomic E-state index is 9.05. The van der Waals surface area contributed by atoms with Crippen molar-refractivity contribution in [1.29, 1.82) is 0 Å². The van der Waals surface area contributed by atoms with Crippen molar-refractivity contribution in [3.8, 4) is 62.1 Å². The van der Waals surface area contributed by atoms with Crippen LogP contribution in [0.4, 0.5) is 0 Å². The molecule has 5 heteroatoms. The largest absolute Gasteiger partial charge is 0.455 e. The summed E-state index contributed by atoms with van der Waals surface area (Å²) in [6.07, 6.45) is 0. The Labute approximate surface area is 347 Å². The molecule has 0 radical (unpaired) electrons. The highest BCUT2D eigenvalue weighted by Crippen LogP contribution is 2.50. The van der Waals surface area contributed by atoms with Gasteiger partial charge in [-0.1, -0.05) is 159 Å². The number of hydrogen-bond acceptors (Lipinski definition) is 4. The highest BCUT2D eigenvalue weighted by molar-refractivity contribution is 6.16. The summed E-state index contributed by atoms with van der Waals surface area (Å²) in [5.74, 6) is 0.470. The molecule has 0 N–H and O–H groups in total. The van der Waals surface area contributed by atoms with Crippen LogP contribution in [-0.2, 0) is 5.41 Å². The van der Waals surface area contributed by atoms with Crippen LogP contribution < -0.4 is 0 Å². The highest BCUT2D eigenvalue weighted by atomic mass is 16.3. The van der Waals surface area contributed by atoms with E-state index in [0.29, 0.717) is 22.3 Å². The molecule has 59 heavy (non-hydrogen) atoms. The lowest BCUT2D eigenvalue weighted by Gasteiger charge is -2.21. The van der Waals surface area contributed by atoms with Crippen LogP contribution in [0, 0.1) is 0 Å². The molecular weight excluding hydrogens is 721 g/mol. The smallest absolute Gasteiger partial charge is 0.167 e. The SMILES string of the molecule is [2H]c1c([2H])c([2H])c(-c2nc(-c3ccc4c(c3)C(C)(C)c3ccccc3-4)nc(-c3cc(-n4c5ccccc5c5ccccc54)cc4c3oc3cccc(-c5ccccc5)c34)n2)c([2H])c1[2H]. The third-order valence-electron chi connectivity index (χ3n) is 11.9. The Morgan fingerprint density at radius 3 is 1.92 bits per heavy atom. The molecule has 0 spiro atoms. The molecule has 3 heterocycles. The summed E-state index contributed by atoms with van der Waals surface area (Å²) >= 11 is 0. The average Bonchev–Trinajstić information content (AvgIpc) is 3.95. The first-order valence-corrected chi connectivity index (χ1v) is 19.7. The third kappa shape index (κ3) is 5.08. The van der Waals surface area contributed by atoms with Crippen LogP contribution in [0.25, 0.3) is 106 Å². The van der Waals surface area contributed by atoms with E-state index >= 15 is 0 Å². The van der Waals surface area contributed by atoms with Crippen LogP contribution >= 0.6 is 0 Å². The fourth-order valence-corrected chi connectivity index (χ4v) is 9.21. The van der Waals surface area contributed by atoms with Crippen LogP contribution in [0.3, 0.4) is 0 Å². The zero-order valence-corrected chi connectivity index (χ0v) is 32.1. The minimum atomic E-state index is -0.495. The maximum absolute atomic E-state index is 9.05. The molecule has 12 rings (SSSR count). The van der Waals surface area contributed by atoms with E-state index in [1.165, 1.54) is 11.1 Å². The Hall–Kier alpha value is -7.63. The Kier molecular flexibility index (Phi) is 6.18. The molecule has 0 aliphatic heterocycles. The molecule has 3 aromatic heterocycles. The fourth-order valence-electron chi connectivity index (χ4n) is 9.21. The average molecular weight is 762 g/mol. The Morgan fingerprint density at radius 2 is 1.14 bits per heavy atom. The summed E-state index contributed by atoms with van der Waals surface area (Å²) in [4.78, 5) is 15.3. The van der Waals surface area contributed by atoms with Gasteiger partial charge in [-0.05, 0) is 69.8 Å². The van der Waals surface area contributed by atoms with Gasteiger partial charge in [0.15, 0.2) is 17.5 Å². The van der Waals surface area contributed by atoms with E-state index in [4.69, 9.17) is 26.2 Å². The monoisotopic (exact) mass is 761 g/mol. The van der Waals surface area contributed by atoms with E-state index in [1.54, 1.807) is 0 Å². The van der Waals surface area contributed by atoms with E-state index in [9.17, 15) is 0 Å². The number of nitrogens with zero attached hydrogens (tertiary/aromatic N) is 4. The van der Waals surface area contributed by atoms with Gasteiger partial charge in [-0.25, -0.2) is 15.0 Å². The van der Waals surface area contributed by atoms with Gasteiger partial charge in [-0.15, -0.1) is 0 Å². The first-order chi connectivity index (χ1) is 31.1. The van der Waals surface area contributed by atoms with E-state index in [-0.39, 0.29) is 28.5 Å². The van der Waals surface area contributed by atoms with E-state index in [2.05, 4.69) is 115 Å². The van der Waals surface area contributed by atoms with Gasteiger partial charge in [0.2, 0.25) is 0 Å². The number of rotatable bonds is 5. The molecule has 11 aromatic rings. The summed E-state index contributed by atoms with van der Waals surface area (Å²) in [6, 6.07) is 49.5. The molecule has 0 fully saturated rings. The summed E-state index contributed by atoms with van der Waals surface area (Å²) < 4.78 is 52.8. The molecule has 8 aromatic carbocycles. The molecule has 0 atom stereocenters. The molecule has 0 saturated carbocycles. The lowest BCUT2D eigenvalue weighted by atomic mass is 9.82. The van der Waals surface area contributed by atoms with Crippen LogP contribution in [-0.4, -0.2) is 19.5 Å². The standard InChI is InChI=1S/C54H36N4O/c1-54(2)44-24-12-9-20-38(44)39-29-28-35(30-45(39)54)52-55-51(34-18-7-4-8-19-34)56-53(57-52)43-32-36(58-46-25-13-10-21-40(46)41-22-11-14-26-47(41)58)31-42-49-37(33-16-5-3-6-17-33)23-15-27-48(49)59-50(42)43/h3-32H,1-2H3/i4D,7D,8D,18D,19D. The maximum Gasteiger partial charge on any atom is 0.167 e. The van der Waals surface area contributed by atoms with Crippen molar-refractivity contribution in [3.63, 3.8) is 0 Å². The number of aromatic nitrogens is 4. The zero-order valence-electron chi connectivity index (χ0n) is 37.1. The van der Waals surface area contributed by atoms with Crippen LogP contribution in [0.1, 0.15) is 31.8 Å². The number of hydrogen-bond donors (Lipinski definition) is 0. The quantitative estimate of drug-likeness (QED) is 0.175. The first-order valence-electron chi connectivity index (χ1n) is 22.2. The van der Waals surface area contributed by atoms with Crippen LogP contribution in [0.2, 0.25) is 0 Å². The predicted octanol–water partition coefficient (Wildman–Crippen LogP) is 13.8. The Bertz CT molecular complexity index is 3700. The lowest BCUT2D eigenvalue weighted by Crippen LogP contribution is -2.15. The molecule has 0 amide bonds. The lowest BCUT2D eigenvalue weighted by molar-refractivity contribution is 0.660. The van der Waals surface area contributed by atoms with Gasteiger partial charge in [0.25, 0.3) is 0 Å². The van der Waals surface area contributed by atoms with Gasteiger partial charge >= 0.3 is 0 Å². The van der Waals surface area contributed by atoms with Crippen molar-refractivity contribution >= 4 is 43.7 Å². The summed E-state index contributed by atoms with van der Waals surface area (Å²) in [5, 5.41) is 3.98. The number of para-hydroxylation sites is 2. The van der Waals surface area contributed by atoms with Gasteiger partial charge in [0.05, 0.1) is 23.5 Å². The normalized spacial score (nSPS) is 14.2. The molecule has 5 nitrogen and oxygen atoms in total. The molecule has 278 valence electrons. The van der Waals surface area contributed by atoms with Crippen molar-refractivity contribution in [2.24, 2.45) is 0 Å². The van der Waals surface area contributed by atoms with Gasteiger partial charge in [0.1, 0.15) is 11.2 Å². The minimum Gasteiger partial charge on any atom is -0.455 e. The van der Waals surface area contributed by atoms with Gasteiger partial charge in [0, 0.05) is 43.8 Å². The Balaban J connectivity index is 1.20. The molecule has 1 aliphatic carbocycles. The van der Waals surface area contributed by atoms with Crippen LogP contribution in [0.5, 0.6) is 0 Å². The topological polar surface area (TPSA) is 56.7 Å². The number of benzene rings is 8. The van der Waals surface area contributed by atoms with Gasteiger partial charge in [-0.2, -0.15) is 0 Å². The van der Waals surface area contributed by atoms with Crippen molar-refractivity contribution in [3.05, 3.63) is 193 Å². The van der Waals surface area contributed by atoms with Crippen molar-refractivity contribution in [2.75, 3.05) is 0 Å². The summed E-state index contributed by atoms with van der Waals surface area (Å²) in [7, 11) is 0. The molecule has 0 saturated heterocycles. The first kappa shape index (κ1) is 28.7. The van der Waals surface area contributed by atoms with E-state index in [1.807, 2.05) is 54.6 Å². The van der Waals surface area contributed by atoms with E-state index in [0.717, 1.165) is 60.5 Å². The second-order valence-corrected chi connectivity index (χ2v) is 15.6. The predicted molar refractivity (Wildman–Crippen MR) is 241 cm³/mol. The summed E-state index contributed by atoms with van der Waals surface area (Å²) in [5.41, 5.74) is 11.6. The van der Waals surface area contributed by atoms with Gasteiger partial charge < -0.3 is 8.98 Å². The molecular formula is C54H36N4O. The van der Waals surface area contributed by atoms with Crippen molar-refractivity contribution in [2.45, 2.75) is 19.3 Å². The zero-order chi connectivity index (χ0) is 43.6. The van der Waals surface area contributed by atoms with E-state index < -0.39 is 30.2 Å². The molecule has 0 unspecified atom stereocenters. The van der Waals surface area contributed by atoms with Crippen molar-refractivity contribution < 1.29 is 11.3 Å². The highest BCUT2D eigenvalue weighted by Gasteiger charge is 2.35. The van der Waals surface area contributed by atoms with Crippen molar-refractivity contribution in [1.82, 2.24) is 19.5 Å². The number of fused-ring (bicyclic) bond motifs is 9. The fraction of sp³-hybridized carbons (Fsp3) is 0.0556.